The molecule has 9 nitrogen and oxygen atoms in total. The van der Waals surface area contributed by atoms with Crippen LogP contribution in [0.5, 0.6) is 0 Å². The van der Waals surface area contributed by atoms with Crippen molar-refractivity contribution in [2.45, 2.75) is 277 Å². The number of unbranched alkanes of at least 4 members (excludes halogenated alkanes) is 29. The molecule has 0 aromatic heterocycles. The van der Waals surface area contributed by atoms with Crippen LogP contribution in [0.25, 0.3) is 0 Å². The fraction of sp³-hybridized carbons (Fsp3) is 0.746. The molecular weight excluding hydrogens is 930 g/mol. The first-order valence-electron chi connectivity index (χ1n) is 30.1. The van der Waals surface area contributed by atoms with Gasteiger partial charge in [-0.2, -0.15) is 0 Å². The van der Waals surface area contributed by atoms with Gasteiger partial charge in [0, 0.05) is 19.4 Å². The van der Waals surface area contributed by atoms with Gasteiger partial charge < -0.3 is 20.1 Å². The number of phosphoric acid groups is 1. The van der Waals surface area contributed by atoms with Gasteiger partial charge in [0.25, 0.3) is 0 Å². The molecule has 2 atom stereocenters. The summed E-state index contributed by atoms with van der Waals surface area (Å²) in [6.07, 6.45) is 76.6. The van der Waals surface area contributed by atoms with Crippen molar-refractivity contribution in [3.8, 4) is 0 Å². The van der Waals surface area contributed by atoms with E-state index in [4.69, 9.17) is 24.3 Å². The van der Waals surface area contributed by atoms with Crippen molar-refractivity contribution in [2.75, 3.05) is 26.4 Å². The van der Waals surface area contributed by atoms with E-state index in [1.807, 2.05) is 0 Å². The number of carbonyl (C=O) groups excluding carboxylic acids is 2. The largest absolute Gasteiger partial charge is 0.472 e. The average Bonchev–Trinajstić information content (AvgIpc) is 3.38. The van der Waals surface area contributed by atoms with E-state index < -0.39 is 26.5 Å². The quantitative estimate of drug-likeness (QED) is 0.0264. The third-order valence-electron chi connectivity index (χ3n) is 12.8. The highest BCUT2D eigenvalue weighted by molar-refractivity contribution is 7.47. The summed E-state index contributed by atoms with van der Waals surface area (Å²) in [6, 6.07) is 0. The Morgan fingerprint density at radius 2 is 0.753 bits per heavy atom. The monoisotopic (exact) mass is 1040 g/mol. The molecule has 0 amide bonds. The number of hydrogen-bond donors (Lipinski definition) is 2. The van der Waals surface area contributed by atoms with Crippen LogP contribution < -0.4 is 5.73 Å². The molecule has 10 heteroatoms. The molecule has 0 aromatic carbocycles. The number of hydrogen-bond acceptors (Lipinski definition) is 8. The zero-order valence-electron chi connectivity index (χ0n) is 47.1. The highest BCUT2D eigenvalue weighted by Crippen LogP contribution is 2.43. The average molecular weight is 1040 g/mol. The van der Waals surface area contributed by atoms with Crippen molar-refractivity contribution in [3.05, 3.63) is 85.1 Å². The van der Waals surface area contributed by atoms with Crippen molar-refractivity contribution in [2.24, 2.45) is 5.73 Å². The maximum Gasteiger partial charge on any atom is 0.472 e. The van der Waals surface area contributed by atoms with Gasteiger partial charge in [-0.15, -0.1) is 0 Å². The molecule has 0 aliphatic carbocycles. The van der Waals surface area contributed by atoms with Gasteiger partial charge in [0.1, 0.15) is 6.61 Å². The Balaban J connectivity index is 3.86. The van der Waals surface area contributed by atoms with Crippen LogP contribution in [-0.4, -0.2) is 49.3 Å². The maximum atomic E-state index is 12.7. The topological polar surface area (TPSA) is 134 Å². The van der Waals surface area contributed by atoms with Gasteiger partial charge in [0.2, 0.25) is 0 Å². The number of rotatable bonds is 56. The van der Waals surface area contributed by atoms with E-state index in [9.17, 15) is 19.0 Å². The first-order chi connectivity index (χ1) is 35.8. The lowest BCUT2D eigenvalue weighted by atomic mass is 10.0. The lowest BCUT2D eigenvalue weighted by molar-refractivity contribution is -0.161. The lowest BCUT2D eigenvalue weighted by Crippen LogP contribution is -2.29. The summed E-state index contributed by atoms with van der Waals surface area (Å²) in [5, 5.41) is 0. The Morgan fingerprint density at radius 1 is 0.425 bits per heavy atom. The van der Waals surface area contributed by atoms with E-state index in [0.717, 1.165) is 96.3 Å². The summed E-state index contributed by atoms with van der Waals surface area (Å²) >= 11 is 0. The molecule has 422 valence electrons. The molecule has 3 N–H and O–H groups in total. The highest BCUT2D eigenvalue weighted by atomic mass is 31.2. The zero-order valence-corrected chi connectivity index (χ0v) is 48.0. The summed E-state index contributed by atoms with van der Waals surface area (Å²) in [7, 11) is -4.39. The van der Waals surface area contributed by atoms with Crippen LogP contribution in [0.1, 0.15) is 271 Å². The zero-order chi connectivity index (χ0) is 53.1. The molecule has 0 aliphatic rings. The van der Waals surface area contributed by atoms with E-state index in [1.54, 1.807) is 0 Å². The maximum absolute atomic E-state index is 12.7. The molecule has 0 saturated heterocycles. The Bertz CT molecular complexity index is 1470. The van der Waals surface area contributed by atoms with Gasteiger partial charge in [-0.25, -0.2) is 4.57 Å². The molecule has 0 radical (unpaired) electrons. The summed E-state index contributed by atoms with van der Waals surface area (Å²) in [5.41, 5.74) is 5.38. The van der Waals surface area contributed by atoms with Gasteiger partial charge in [-0.05, 0) is 89.9 Å². The van der Waals surface area contributed by atoms with Gasteiger partial charge in [0.05, 0.1) is 13.2 Å². The van der Waals surface area contributed by atoms with E-state index in [-0.39, 0.29) is 38.6 Å². The third kappa shape index (κ3) is 58.3. The molecular formula is C63H112NO8P. The van der Waals surface area contributed by atoms with Crippen molar-refractivity contribution in [3.63, 3.8) is 0 Å². The van der Waals surface area contributed by atoms with Crippen LogP contribution in [0.2, 0.25) is 0 Å². The number of allylic oxidation sites excluding steroid dienone is 14. The molecule has 0 heterocycles. The molecule has 0 rings (SSSR count). The fourth-order valence-corrected chi connectivity index (χ4v) is 9.11. The molecule has 2 unspecified atom stereocenters. The van der Waals surface area contributed by atoms with E-state index >= 15 is 0 Å². The first-order valence-corrected chi connectivity index (χ1v) is 31.6. The van der Waals surface area contributed by atoms with Crippen molar-refractivity contribution < 1.29 is 37.6 Å². The van der Waals surface area contributed by atoms with Crippen LogP contribution in [0.15, 0.2) is 85.1 Å². The summed E-state index contributed by atoms with van der Waals surface area (Å²) < 4.78 is 33.0. The minimum absolute atomic E-state index is 0.0512. The molecule has 0 saturated carbocycles. The SMILES string of the molecule is CC/C=C\C/C=C\C/C=C\C/C=C\C/C=C\C/C=C\CCCCCCCCCCCCCCCCCCCCC(=O)OC(COC(=O)CCCCCCC/C=C\CCCCCCCC)COP(=O)(O)OCCN. The van der Waals surface area contributed by atoms with Gasteiger partial charge in [-0.1, -0.05) is 253 Å². The first kappa shape index (κ1) is 70.2. The van der Waals surface area contributed by atoms with E-state index in [2.05, 4.69) is 98.9 Å². The second-order valence-corrected chi connectivity index (χ2v) is 21.3. The fourth-order valence-electron chi connectivity index (χ4n) is 8.34. The molecule has 0 bridgehead atoms. The minimum atomic E-state index is -4.39. The number of nitrogens with two attached hydrogens (primary N) is 1. The number of esters is 2. The Kier molecular flexibility index (Phi) is 56.2. The van der Waals surface area contributed by atoms with Gasteiger partial charge in [0.15, 0.2) is 6.10 Å². The predicted molar refractivity (Wildman–Crippen MR) is 312 cm³/mol. The Labute approximate surface area is 449 Å². The number of carbonyl (C=O) groups is 2. The summed E-state index contributed by atoms with van der Waals surface area (Å²) in [5.74, 6) is -0.831. The van der Waals surface area contributed by atoms with Crippen molar-refractivity contribution >= 4 is 19.8 Å². The third-order valence-corrected chi connectivity index (χ3v) is 13.7. The number of phosphoric ester groups is 1. The standard InChI is InChI=1S/C63H112NO8P/c1-3-5-7-9-11-13-15-17-19-20-21-22-23-24-25-26-27-28-29-30-31-32-33-34-35-36-37-38-39-40-42-44-46-48-50-52-54-56-63(66)72-61(60-71-73(67,68)70-58-57-64)59-69-62(65)55-53-51-49-47-45-43-41-18-16-14-12-10-8-6-4-2/h5,7,11,13,17-19,21-22,24-25,27-28,41,61H,3-4,6,8-10,12,14-16,20,23,26,29-40,42-60,64H2,1-2H3,(H,67,68)/b7-5-,13-11-,19-17-,22-21-,25-24-,28-27-,41-18-. The van der Waals surface area contributed by atoms with Crippen molar-refractivity contribution in [1.82, 2.24) is 0 Å². The Morgan fingerprint density at radius 3 is 1.14 bits per heavy atom. The van der Waals surface area contributed by atoms with Gasteiger partial charge >= 0.3 is 19.8 Å². The summed E-state index contributed by atoms with van der Waals surface area (Å²) in [6.45, 7) is 3.63. The molecule has 0 spiro atoms. The second-order valence-electron chi connectivity index (χ2n) is 19.8. The molecule has 0 aromatic rings. The summed E-state index contributed by atoms with van der Waals surface area (Å²) in [4.78, 5) is 35.1. The van der Waals surface area contributed by atoms with Crippen molar-refractivity contribution in [1.29, 1.82) is 0 Å². The van der Waals surface area contributed by atoms with Crippen LogP contribution in [0.4, 0.5) is 0 Å². The van der Waals surface area contributed by atoms with E-state index in [0.29, 0.717) is 6.42 Å². The van der Waals surface area contributed by atoms with Crippen LogP contribution in [0, 0.1) is 0 Å². The van der Waals surface area contributed by atoms with Gasteiger partial charge in [-0.3, -0.25) is 18.6 Å². The second kappa shape index (κ2) is 58.5. The van der Waals surface area contributed by atoms with Crippen LogP contribution in [0.3, 0.4) is 0 Å². The minimum Gasteiger partial charge on any atom is -0.462 e. The van der Waals surface area contributed by atoms with Crippen LogP contribution in [-0.2, 0) is 32.7 Å². The number of ether oxygens (including phenoxy) is 2. The van der Waals surface area contributed by atoms with Crippen LogP contribution >= 0.6 is 7.82 Å². The van der Waals surface area contributed by atoms with E-state index in [1.165, 1.54) is 141 Å². The Hall–Kier alpha value is -2.81. The molecule has 0 aliphatic heterocycles. The normalized spacial score (nSPS) is 13.6. The highest BCUT2D eigenvalue weighted by Gasteiger charge is 2.26. The lowest BCUT2D eigenvalue weighted by Gasteiger charge is -2.19. The molecule has 0 fully saturated rings. The smallest absolute Gasteiger partial charge is 0.462 e. The molecule has 73 heavy (non-hydrogen) atoms. The predicted octanol–water partition coefficient (Wildman–Crippen LogP) is 19.1.